The number of anilines is 2. The minimum absolute atomic E-state index is 0.226. The zero-order valence-corrected chi connectivity index (χ0v) is 11.4. The van der Waals surface area contributed by atoms with Gasteiger partial charge in [0.05, 0.1) is 6.61 Å². The first kappa shape index (κ1) is 14.7. The average molecular weight is 254 g/mol. The van der Waals surface area contributed by atoms with Gasteiger partial charge in [-0.1, -0.05) is 13.8 Å². The van der Waals surface area contributed by atoms with Crippen molar-refractivity contribution in [3.05, 3.63) is 11.9 Å². The molecule has 0 radical (unpaired) electrons. The van der Waals surface area contributed by atoms with Crippen LogP contribution < -0.4 is 10.6 Å². The summed E-state index contributed by atoms with van der Waals surface area (Å²) in [5.74, 6) is 1.69. The van der Waals surface area contributed by atoms with E-state index in [0.29, 0.717) is 5.82 Å². The number of aromatic nitrogens is 2. The Kier molecular flexibility index (Phi) is 4.86. The van der Waals surface area contributed by atoms with Crippen molar-refractivity contribution in [2.24, 2.45) is 0 Å². The van der Waals surface area contributed by atoms with Gasteiger partial charge in [0.1, 0.15) is 23.6 Å². The molecule has 0 spiro atoms. The first-order chi connectivity index (χ1) is 8.41. The van der Waals surface area contributed by atoms with Gasteiger partial charge in [0.25, 0.3) is 0 Å². The Hall–Kier alpha value is -1.40. The fourth-order valence-corrected chi connectivity index (χ4v) is 1.61. The molecular weight excluding hydrogens is 232 g/mol. The molecule has 1 atom stereocenters. The molecular formula is C12H22N4O2. The second-order valence-electron chi connectivity index (χ2n) is 4.90. The van der Waals surface area contributed by atoms with Crippen molar-refractivity contribution in [1.82, 2.24) is 9.97 Å². The van der Waals surface area contributed by atoms with Gasteiger partial charge in [0.2, 0.25) is 0 Å². The second kappa shape index (κ2) is 5.97. The quantitative estimate of drug-likeness (QED) is 0.600. The summed E-state index contributed by atoms with van der Waals surface area (Å²) in [5.41, 5.74) is -0.201. The number of rotatable bonds is 6. The Morgan fingerprint density at radius 3 is 2.44 bits per heavy atom. The van der Waals surface area contributed by atoms with Gasteiger partial charge in [-0.05, 0) is 12.8 Å². The SMILES string of the molecule is CNc1ncnc(NCC(C)(O)CO)c1C(C)C. The molecule has 1 aromatic heterocycles. The number of hydrogen-bond acceptors (Lipinski definition) is 6. The van der Waals surface area contributed by atoms with Crippen molar-refractivity contribution < 1.29 is 10.2 Å². The highest BCUT2D eigenvalue weighted by Crippen LogP contribution is 2.28. The highest BCUT2D eigenvalue weighted by molar-refractivity contribution is 5.58. The van der Waals surface area contributed by atoms with Gasteiger partial charge in [-0.25, -0.2) is 9.97 Å². The zero-order chi connectivity index (χ0) is 13.8. The highest BCUT2D eigenvalue weighted by atomic mass is 16.3. The Morgan fingerprint density at radius 2 is 1.94 bits per heavy atom. The third kappa shape index (κ3) is 3.54. The molecule has 1 rings (SSSR count). The maximum Gasteiger partial charge on any atom is 0.135 e. The number of aliphatic hydroxyl groups excluding tert-OH is 1. The number of nitrogens with zero attached hydrogens (tertiary/aromatic N) is 2. The summed E-state index contributed by atoms with van der Waals surface area (Å²) in [6, 6.07) is 0. The van der Waals surface area contributed by atoms with E-state index in [1.165, 1.54) is 6.33 Å². The van der Waals surface area contributed by atoms with Crippen molar-refractivity contribution >= 4 is 11.6 Å². The minimum atomic E-state index is -1.17. The maximum atomic E-state index is 9.77. The van der Waals surface area contributed by atoms with Crippen LogP contribution in [0.25, 0.3) is 0 Å². The van der Waals surface area contributed by atoms with Crippen LogP contribution in [0.2, 0.25) is 0 Å². The lowest BCUT2D eigenvalue weighted by atomic mass is 10.0. The van der Waals surface area contributed by atoms with Crippen LogP contribution in [0.4, 0.5) is 11.6 Å². The van der Waals surface area contributed by atoms with E-state index in [9.17, 15) is 5.11 Å². The van der Waals surface area contributed by atoms with Gasteiger partial charge in [-0.15, -0.1) is 0 Å². The molecule has 0 saturated carbocycles. The molecule has 0 aliphatic carbocycles. The summed E-state index contributed by atoms with van der Waals surface area (Å²) in [7, 11) is 1.81. The number of aliphatic hydroxyl groups is 2. The van der Waals surface area contributed by atoms with Crippen LogP contribution in [-0.4, -0.2) is 46.0 Å². The molecule has 0 aliphatic heterocycles. The molecule has 0 bridgehead atoms. The molecule has 1 unspecified atom stereocenters. The Balaban J connectivity index is 2.95. The van der Waals surface area contributed by atoms with Gasteiger partial charge in [-0.3, -0.25) is 0 Å². The Morgan fingerprint density at radius 1 is 1.33 bits per heavy atom. The number of hydrogen-bond donors (Lipinski definition) is 4. The maximum absolute atomic E-state index is 9.77. The molecule has 102 valence electrons. The van der Waals surface area contributed by atoms with Gasteiger partial charge < -0.3 is 20.8 Å². The molecule has 0 fully saturated rings. The fourth-order valence-electron chi connectivity index (χ4n) is 1.61. The summed E-state index contributed by atoms with van der Waals surface area (Å²) in [5, 5.41) is 24.9. The van der Waals surface area contributed by atoms with Crippen molar-refractivity contribution in [1.29, 1.82) is 0 Å². The molecule has 0 aliphatic rings. The van der Waals surface area contributed by atoms with E-state index in [1.54, 1.807) is 6.92 Å². The third-order valence-electron chi connectivity index (χ3n) is 2.68. The lowest BCUT2D eigenvalue weighted by Gasteiger charge is -2.23. The standard InChI is InChI=1S/C12H22N4O2/c1-8(2)9-10(13-4)15-7-16-11(9)14-5-12(3,18)6-17/h7-8,17-18H,5-6H2,1-4H3,(H2,13,14,15,16). The van der Waals surface area contributed by atoms with Crippen LogP contribution >= 0.6 is 0 Å². The minimum Gasteiger partial charge on any atom is -0.393 e. The van der Waals surface area contributed by atoms with Crippen LogP contribution in [0.5, 0.6) is 0 Å². The molecule has 0 amide bonds. The van der Waals surface area contributed by atoms with Crippen LogP contribution in [0, 0.1) is 0 Å². The first-order valence-corrected chi connectivity index (χ1v) is 6.01. The normalized spacial score (nSPS) is 14.4. The molecule has 18 heavy (non-hydrogen) atoms. The molecule has 4 N–H and O–H groups in total. The van der Waals surface area contributed by atoms with Crippen LogP contribution in [0.1, 0.15) is 32.3 Å². The van der Waals surface area contributed by atoms with E-state index >= 15 is 0 Å². The fraction of sp³-hybridized carbons (Fsp3) is 0.667. The van der Waals surface area contributed by atoms with Gasteiger partial charge in [0, 0.05) is 19.2 Å². The predicted molar refractivity (Wildman–Crippen MR) is 71.9 cm³/mol. The Labute approximate surface area is 107 Å². The van der Waals surface area contributed by atoms with Crippen LogP contribution in [0.15, 0.2) is 6.33 Å². The monoisotopic (exact) mass is 254 g/mol. The van der Waals surface area contributed by atoms with Crippen molar-refractivity contribution in [3.63, 3.8) is 0 Å². The van der Waals surface area contributed by atoms with Gasteiger partial charge in [0.15, 0.2) is 0 Å². The van der Waals surface area contributed by atoms with Crippen molar-refractivity contribution in [2.75, 3.05) is 30.8 Å². The molecule has 1 aromatic rings. The van der Waals surface area contributed by atoms with E-state index in [4.69, 9.17) is 5.11 Å². The number of nitrogens with one attached hydrogen (secondary N) is 2. The topological polar surface area (TPSA) is 90.3 Å². The van der Waals surface area contributed by atoms with E-state index in [2.05, 4.69) is 34.4 Å². The average Bonchev–Trinajstić information content (AvgIpc) is 2.35. The van der Waals surface area contributed by atoms with Crippen LogP contribution in [0.3, 0.4) is 0 Å². The summed E-state index contributed by atoms with van der Waals surface area (Å²) in [6.07, 6.45) is 1.47. The largest absolute Gasteiger partial charge is 0.393 e. The molecule has 6 nitrogen and oxygen atoms in total. The molecule has 1 heterocycles. The summed E-state index contributed by atoms with van der Waals surface area (Å²) in [6.45, 7) is 5.59. The Bertz CT molecular complexity index is 394. The van der Waals surface area contributed by atoms with E-state index in [0.717, 1.165) is 11.4 Å². The predicted octanol–water partition coefficient (Wildman–Crippen LogP) is 0.797. The van der Waals surface area contributed by atoms with Gasteiger partial charge >= 0.3 is 0 Å². The summed E-state index contributed by atoms with van der Waals surface area (Å²) >= 11 is 0. The first-order valence-electron chi connectivity index (χ1n) is 6.01. The van der Waals surface area contributed by atoms with Gasteiger partial charge in [-0.2, -0.15) is 0 Å². The van der Waals surface area contributed by atoms with Crippen molar-refractivity contribution in [2.45, 2.75) is 32.3 Å². The summed E-state index contributed by atoms with van der Waals surface area (Å²) in [4.78, 5) is 8.36. The smallest absolute Gasteiger partial charge is 0.135 e. The van der Waals surface area contributed by atoms with E-state index < -0.39 is 5.60 Å². The third-order valence-corrected chi connectivity index (χ3v) is 2.68. The molecule has 0 saturated heterocycles. The lowest BCUT2D eigenvalue weighted by molar-refractivity contribution is 0.0131. The highest BCUT2D eigenvalue weighted by Gasteiger charge is 2.21. The lowest BCUT2D eigenvalue weighted by Crippen LogP contribution is -2.37. The summed E-state index contributed by atoms with van der Waals surface area (Å²) < 4.78 is 0. The molecule has 0 aromatic carbocycles. The molecule has 6 heteroatoms. The zero-order valence-electron chi connectivity index (χ0n) is 11.4. The van der Waals surface area contributed by atoms with E-state index in [-0.39, 0.29) is 19.1 Å². The van der Waals surface area contributed by atoms with E-state index in [1.807, 2.05) is 7.05 Å². The van der Waals surface area contributed by atoms with Crippen LogP contribution in [-0.2, 0) is 0 Å². The second-order valence-corrected chi connectivity index (χ2v) is 4.90. The van der Waals surface area contributed by atoms with Crippen molar-refractivity contribution in [3.8, 4) is 0 Å².